The van der Waals surface area contributed by atoms with Crippen LogP contribution in [0.5, 0.6) is 0 Å². The molecule has 0 unspecified atom stereocenters. The van der Waals surface area contributed by atoms with Crippen molar-refractivity contribution in [2.45, 2.75) is 34.6 Å². The summed E-state index contributed by atoms with van der Waals surface area (Å²) >= 11 is 0. The molecule has 0 bridgehead atoms. The quantitative estimate of drug-likeness (QED) is 0.166. The van der Waals surface area contributed by atoms with Gasteiger partial charge in [0.15, 0.2) is 0 Å². The molecule has 0 atom stereocenters. The van der Waals surface area contributed by atoms with E-state index in [1.165, 1.54) is 99.5 Å². The van der Waals surface area contributed by atoms with Crippen molar-refractivity contribution in [3.63, 3.8) is 0 Å². The maximum absolute atomic E-state index is 3.28. The smallest absolute Gasteiger partial charge is 0.0625 e. The molecule has 0 spiro atoms. The van der Waals surface area contributed by atoms with Crippen LogP contribution in [0.25, 0.3) is 66.1 Å². The van der Waals surface area contributed by atoms with Crippen LogP contribution in [0.1, 0.15) is 34.7 Å². The van der Waals surface area contributed by atoms with Crippen LogP contribution < -0.4 is 0 Å². The van der Waals surface area contributed by atoms with Gasteiger partial charge >= 0.3 is 0 Å². The van der Waals surface area contributed by atoms with Crippen molar-refractivity contribution in [1.82, 2.24) is 4.57 Å². The number of para-hydroxylation sites is 1. The number of aromatic nitrogens is 1. The maximum atomic E-state index is 3.28. The molecule has 0 saturated heterocycles. The van der Waals surface area contributed by atoms with Gasteiger partial charge in [-0.2, -0.15) is 0 Å². The van der Waals surface area contributed by atoms with E-state index < -0.39 is 0 Å². The van der Waals surface area contributed by atoms with E-state index in [0.717, 1.165) is 0 Å². The molecule has 0 N–H and O–H groups in total. The fourth-order valence-electron chi connectivity index (χ4n) is 7.65. The number of rotatable bonds is 4. The van der Waals surface area contributed by atoms with Crippen LogP contribution in [0.4, 0.5) is 0 Å². The second kappa shape index (κ2) is 13.3. The number of fused-ring (bicyclic) bond motifs is 4. The minimum Gasteiger partial charge on any atom is -0.309 e. The van der Waals surface area contributed by atoms with Crippen LogP contribution in [0.15, 0.2) is 169 Å². The summed E-state index contributed by atoms with van der Waals surface area (Å²) in [6.07, 6.45) is 4.17. The Bertz CT molecular complexity index is 2710. The molecule has 0 fully saturated rings. The Hall–Kier alpha value is -6.14. The monoisotopic (exact) mass is 655 g/mol. The average molecular weight is 656 g/mol. The van der Waals surface area contributed by atoms with E-state index in [2.05, 4.69) is 184 Å². The van der Waals surface area contributed by atoms with Crippen molar-refractivity contribution in [1.29, 1.82) is 0 Å². The van der Waals surface area contributed by atoms with Gasteiger partial charge in [-0.05, 0) is 138 Å². The third-order valence-corrected chi connectivity index (χ3v) is 10.3. The Morgan fingerprint density at radius 3 is 1.90 bits per heavy atom. The summed E-state index contributed by atoms with van der Waals surface area (Å²) in [5, 5.41) is 5.06. The van der Waals surface area contributed by atoms with Gasteiger partial charge in [-0.1, -0.05) is 121 Å². The first kappa shape index (κ1) is 32.1. The predicted molar refractivity (Wildman–Crippen MR) is 220 cm³/mol. The summed E-state index contributed by atoms with van der Waals surface area (Å²) in [5.41, 5.74) is 20.9. The summed E-state index contributed by atoms with van der Waals surface area (Å²) in [7, 11) is 0. The van der Waals surface area contributed by atoms with Gasteiger partial charge in [0.2, 0.25) is 0 Å². The molecule has 0 saturated carbocycles. The van der Waals surface area contributed by atoms with E-state index in [1.54, 1.807) is 0 Å². The first-order valence-corrected chi connectivity index (χ1v) is 17.8. The molecule has 0 amide bonds. The van der Waals surface area contributed by atoms with Gasteiger partial charge in [0, 0.05) is 22.0 Å². The summed E-state index contributed by atoms with van der Waals surface area (Å²) in [5.74, 6) is 0. The van der Waals surface area contributed by atoms with Crippen LogP contribution >= 0.6 is 0 Å². The summed E-state index contributed by atoms with van der Waals surface area (Å²) < 4.78 is 2.49. The minimum absolute atomic E-state index is 1.17. The molecule has 1 heterocycles. The van der Waals surface area contributed by atoms with Gasteiger partial charge in [-0.25, -0.2) is 0 Å². The standard InChI is InChI=1S/C43H33N.C7H8/c1-27-12-5-7-15-35(27)39-26-32(21-20-29(39)3)42-37-16-8-6-14-31(37)25-40-38-17-9-10-19-41(38)44(43(40)42)33-22-23-36(30(4)24-33)34-18-11-13-28(34)2;1-7-5-3-2-4-6-7/h5-10,12-26H,1-4H3;2-6H,1H3. The van der Waals surface area contributed by atoms with Crippen LogP contribution in [0, 0.1) is 27.7 Å². The molecule has 0 radical (unpaired) electrons. The molecular formula is C50H41N. The summed E-state index contributed by atoms with van der Waals surface area (Å²) in [6.45, 7) is 10.9. The SMILES string of the molecule is CC1=C(c2ccc(-n3c4ccccc4c4cc5ccccc5c(-c5ccc(C)c(-c6ccccc6C)c5)c43)cc2C)C=C=C1.Cc1ccccc1. The van der Waals surface area contributed by atoms with E-state index in [9.17, 15) is 0 Å². The Morgan fingerprint density at radius 1 is 0.471 bits per heavy atom. The van der Waals surface area contributed by atoms with Gasteiger partial charge < -0.3 is 4.57 Å². The van der Waals surface area contributed by atoms with E-state index in [0.29, 0.717) is 0 Å². The minimum atomic E-state index is 1.17. The fraction of sp³-hybridized carbons (Fsp3) is 0.100. The highest BCUT2D eigenvalue weighted by Crippen LogP contribution is 2.44. The lowest BCUT2D eigenvalue weighted by atomic mass is 9.90. The van der Waals surface area contributed by atoms with Crippen molar-refractivity contribution in [3.8, 4) is 27.9 Å². The predicted octanol–water partition coefficient (Wildman–Crippen LogP) is 13.7. The normalized spacial score (nSPS) is 12.3. The number of hydrogen-bond acceptors (Lipinski definition) is 0. The fourth-order valence-corrected chi connectivity index (χ4v) is 7.65. The van der Waals surface area contributed by atoms with Crippen LogP contribution in [0.3, 0.4) is 0 Å². The maximum Gasteiger partial charge on any atom is 0.0625 e. The number of allylic oxidation sites excluding steroid dienone is 3. The highest BCUT2D eigenvalue weighted by molar-refractivity contribution is 6.21. The number of nitrogens with zero attached hydrogens (tertiary/aromatic N) is 1. The Morgan fingerprint density at radius 2 is 1.18 bits per heavy atom. The molecule has 1 aliphatic carbocycles. The Labute approximate surface area is 301 Å². The molecular weight excluding hydrogens is 615 g/mol. The molecule has 246 valence electrons. The van der Waals surface area contributed by atoms with Crippen molar-refractivity contribution in [2.24, 2.45) is 0 Å². The van der Waals surface area contributed by atoms with E-state index in [1.807, 2.05) is 18.2 Å². The van der Waals surface area contributed by atoms with Crippen molar-refractivity contribution in [3.05, 3.63) is 197 Å². The number of hydrogen-bond donors (Lipinski definition) is 0. The molecule has 7 aromatic carbocycles. The van der Waals surface area contributed by atoms with Gasteiger partial charge in [0.1, 0.15) is 0 Å². The van der Waals surface area contributed by atoms with E-state index in [4.69, 9.17) is 0 Å². The van der Waals surface area contributed by atoms with Crippen LogP contribution in [-0.2, 0) is 0 Å². The molecule has 9 rings (SSSR count). The van der Waals surface area contributed by atoms with E-state index in [-0.39, 0.29) is 0 Å². The lowest BCUT2D eigenvalue weighted by Gasteiger charge is -2.18. The highest BCUT2D eigenvalue weighted by atomic mass is 15.0. The third kappa shape index (κ3) is 5.83. The van der Waals surface area contributed by atoms with Crippen LogP contribution in [0.2, 0.25) is 0 Å². The Kier molecular flexibility index (Phi) is 8.36. The van der Waals surface area contributed by atoms with E-state index >= 15 is 0 Å². The lowest BCUT2D eigenvalue weighted by Crippen LogP contribution is -1.99. The molecule has 0 aliphatic heterocycles. The number of benzene rings is 7. The zero-order valence-electron chi connectivity index (χ0n) is 30.0. The third-order valence-electron chi connectivity index (χ3n) is 10.3. The van der Waals surface area contributed by atoms with Crippen molar-refractivity contribution < 1.29 is 0 Å². The van der Waals surface area contributed by atoms with Crippen LogP contribution in [-0.4, -0.2) is 4.57 Å². The summed E-state index contributed by atoms with van der Waals surface area (Å²) in [4.78, 5) is 0. The number of aryl methyl sites for hydroxylation is 4. The first-order valence-electron chi connectivity index (χ1n) is 17.8. The molecule has 1 nitrogen and oxygen atoms in total. The molecule has 51 heavy (non-hydrogen) atoms. The average Bonchev–Trinajstić information content (AvgIpc) is 3.72. The van der Waals surface area contributed by atoms with Gasteiger partial charge in [0.05, 0.1) is 11.0 Å². The molecule has 1 aromatic heterocycles. The lowest BCUT2D eigenvalue weighted by molar-refractivity contribution is 1.17. The zero-order chi connectivity index (χ0) is 35.1. The van der Waals surface area contributed by atoms with Crippen molar-refractivity contribution in [2.75, 3.05) is 0 Å². The van der Waals surface area contributed by atoms with Gasteiger partial charge in [-0.3, -0.25) is 0 Å². The first-order chi connectivity index (χ1) is 24.9. The van der Waals surface area contributed by atoms with Gasteiger partial charge in [0.25, 0.3) is 0 Å². The molecule has 1 aliphatic rings. The highest BCUT2D eigenvalue weighted by Gasteiger charge is 2.21. The summed E-state index contributed by atoms with van der Waals surface area (Å²) in [6, 6.07) is 53.0. The van der Waals surface area contributed by atoms with Gasteiger partial charge in [-0.15, -0.1) is 5.73 Å². The largest absolute Gasteiger partial charge is 0.309 e. The van der Waals surface area contributed by atoms with Crippen molar-refractivity contribution >= 4 is 38.2 Å². The second-order valence-corrected chi connectivity index (χ2v) is 13.8. The topological polar surface area (TPSA) is 4.93 Å². The molecule has 1 heteroatoms. The second-order valence-electron chi connectivity index (χ2n) is 13.8. The Balaban J connectivity index is 0.000000480. The molecule has 8 aromatic rings. The zero-order valence-corrected chi connectivity index (χ0v) is 30.0.